The van der Waals surface area contributed by atoms with Crippen molar-refractivity contribution in [2.45, 2.75) is 64.7 Å². The summed E-state index contributed by atoms with van der Waals surface area (Å²) in [6, 6.07) is 11.1. The molecule has 3 aromatic heterocycles. The summed E-state index contributed by atoms with van der Waals surface area (Å²) in [5, 5.41) is 0.919. The topological polar surface area (TPSA) is 181 Å². The number of phosphoric acid groups is 1. The number of hydrogen-bond donors (Lipinski definition) is 2. The number of aromatic amines is 1. The minimum atomic E-state index is -4.99. The maximum Gasteiger partial charge on any atom is 0.473 e. The van der Waals surface area contributed by atoms with Gasteiger partial charge in [0.2, 0.25) is 5.60 Å². The summed E-state index contributed by atoms with van der Waals surface area (Å²) in [7, 11) is -4.99. The fourth-order valence-corrected chi connectivity index (χ4v) is 7.58. The zero-order chi connectivity index (χ0) is 32.5. The number of H-pyrrole nitrogens is 1. The molecule has 1 unspecified atom stereocenters. The zero-order valence-electron chi connectivity index (χ0n) is 25.2. The number of cyclic esters (lactones) is 1. The highest BCUT2D eigenvalue weighted by atomic mass is 31.2. The Kier molecular flexibility index (Phi) is 7.25. The normalized spacial score (nSPS) is 24.7. The number of aromatic nitrogens is 4. The first-order valence-corrected chi connectivity index (χ1v) is 16.4. The number of fused-ring (bicyclic) bond motifs is 5. The maximum absolute atomic E-state index is 13.8. The average Bonchev–Trinajstić information content (AvgIpc) is 3.58. The molecule has 0 saturated carbocycles. The highest BCUT2D eigenvalue weighted by Gasteiger charge is 2.53. The Morgan fingerprint density at radius 2 is 1.98 bits per heavy atom. The summed E-state index contributed by atoms with van der Waals surface area (Å²) in [6.45, 7) is 4.52. The van der Waals surface area contributed by atoms with Crippen molar-refractivity contribution in [3.05, 3.63) is 96.0 Å². The Labute approximate surface area is 261 Å². The molecular weight excluding hydrogens is 619 g/mol. The molecule has 1 aromatic carbocycles. The van der Waals surface area contributed by atoms with Crippen LogP contribution in [0.5, 0.6) is 0 Å². The van der Waals surface area contributed by atoms with Gasteiger partial charge in [-0.05, 0) is 43.9 Å². The Hall–Kier alpha value is -4.20. The van der Waals surface area contributed by atoms with Crippen molar-refractivity contribution in [3.63, 3.8) is 0 Å². The number of rotatable bonds is 7. The number of carbonyl (C=O) groups is 1. The van der Waals surface area contributed by atoms with E-state index >= 15 is 0 Å². The first-order valence-electron chi connectivity index (χ1n) is 14.9. The van der Waals surface area contributed by atoms with E-state index in [1.807, 2.05) is 37.3 Å². The molecule has 1 saturated heterocycles. The Bertz CT molecular complexity index is 2160. The van der Waals surface area contributed by atoms with Crippen LogP contribution in [0, 0.1) is 12.8 Å². The minimum absolute atomic E-state index is 0.126. The first-order chi connectivity index (χ1) is 21.9. The number of benzene rings is 1. The Balaban J connectivity index is 1.17. The van der Waals surface area contributed by atoms with Crippen LogP contribution in [0.1, 0.15) is 55.2 Å². The molecule has 0 radical (unpaired) electrons. The van der Waals surface area contributed by atoms with Crippen LogP contribution in [0.25, 0.3) is 22.3 Å². The molecule has 0 spiro atoms. The molecule has 7 rings (SSSR count). The lowest BCUT2D eigenvalue weighted by atomic mass is 9.86. The molecule has 240 valence electrons. The Morgan fingerprint density at radius 3 is 2.76 bits per heavy atom. The maximum atomic E-state index is 13.8. The lowest BCUT2D eigenvalue weighted by Gasteiger charge is -2.36. The van der Waals surface area contributed by atoms with E-state index in [2.05, 4.69) is 4.98 Å². The van der Waals surface area contributed by atoms with Crippen LogP contribution in [-0.2, 0) is 46.6 Å². The lowest BCUT2D eigenvalue weighted by molar-refractivity contribution is -0.171. The van der Waals surface area contributed by atoms with Crippen LogP contribution in [0.15, 0.2) is 57.0 Å². The second-order valence-electron chi connectivity index (χ2n) is 11.9. The molecule has 3 aliphatic rings. The summed E-state index contributed by atoms with van der Waals surface area (Å²) in [6.07, 6.45) is 0.169. The van der Waals surface area contributed by atoms with Crippen molar-refractivity contribution in [1.82, 2.24) is 19.1 Å². The van der Waals surface area contributed by atoms with Crippen LogP contribution in [-0.4, -0.2) is 42.7 Å². The van der Waals surface area contributed by atoms with Gasteiger partial charge < -0.3 is 18.9 Å². The quantitative estimate of drug-likeness (QED) is 0.195. The third-order valence-corrected chi connectivity index (χ3v) is 10.1. The lowest BCUT2D eigenvalue weighted by Crippen LogP contribution is -2.46. The summed E-state index contributed by atoms with van der Waals surface area (Å²) in [5.41, 5.74) is -0.484. The molecule has 0 bridgehead atoms. The van der Waals surface area contributed by atoms with Gasteiger partial charge in [0.05, 0.1) is 41.7 Å². The van der Waals surface area contributed by atoms with E-state index in [9.17, 15) is 28.6 Å². The molecule has 46 heavy (non-hydrogen) atoms. The number of nitrogens with one attached hydrogen (secondary N) is 1. The van der Waals surface area contributed by atoms with Gasteiger partial charge in [0.25, 0.3) is 11.1 Å². The SMILES string of the molecule is CC[C@@]1(OP(=O)(O)OC[C@H]2O[C@@H](n3cc(C)c(=O)[nH]c3=O)C[C@@H]2C)C(=O)OCc2c1cc1n(c2=O)Cc2cc3ccccc3nc2-1. The number of phosphoric ester groups is 1. The van der Waals surface area contributed by atoms with Crippen molar-refractivity contribution < 1.29 is 32.8 Å². The fourth-order valence-electron chi connectivity index (χ4n) is 6.50. The predicted octanol–water partition coefficient (Wildman–Crippen LogP) is 3.00. The molecule has 0 amide bonds. The molecule has 4 aromatic rings. The number of esters is 1. The van der Waals surface area contributed by atoms with E-state index in [1.54, 1.807) is 24.5 Å². The monoisotopic (exact) mass is 650 g/mol. The van der Waals surface area contributed by atoms with Crippen molar-refractivity contribution in [2.75, 3.05) is 6.61 Å². The molecule has 0 aliphatic carbocycles. The van der Waals surface area contributed by atoms with Gasteiger partial charge in [-0.2, -0.15) is 0 Å². The van der Waals surface area contributed by atoms with Crippen LogP contribution >= 0.6 is 7.82 Å². The molecule has 1 fully saturated rings. The number of aryl methyl sites for hydroxylation is 1. The van der Waals surface area contributed by atoms with Crippen molar-refractivity contribution in [2.24, 2.45) is 5.92 Å². The molecule has 2 N–H and O–H groups in total. The van der Waals surface area contributed by atoms with E-state index in [4.69, 9.17) is 23.5 Å². The van der Waals surface area contributed by atoms with E-state index < -0.39 is 55.1 Å². The third kappa shape index (κ3) is 4.88. The van der Waals surface area contributed by atoms with Crippen LogP contribution in [0.4, 0.5) is 0 Å². The fraction of sp³-hybridized carbons (Fsp3) is 0.387. The van der Waals surface area contributed by atoms with E-state index in [-0.39, 0.29) is 36.6 Å². The molecule has 6 heterocycles. The molecule has 14 nitrogen and oxygen atoms in total. The third-order valence-electron chi connectivity index (χ3n) is 9.05. The summed E-state index contributed by atoms with van der Waals surface area (Å²) < 4.78 is 38.7. The molecule has 15 heteroatoms. The van der Waals surface area contributed by atoms with E-state index in [0.717, 1.165) is 16.5 Å². The van der Waals surface area contributed by atoms with Gasteiger partial charge in [0.15, 0.2) is 0 Å². The Morgan fingerprint density at radius 1 is 1.20 bits per heavy atom. The van der Waals surface area contributed by atoms with Gasteiger partial charge in [-0.25, -0.2) is 19.1 Å². The second kappa shape index (κ2) is 11.0. The van der Waals surface area contributed by atoms with Gasteiger partial charge in [0, 0.05) is 28.3 Å². The summed E-state index contributed by atoms with van der Waals surface area (Å²) in [4.78, 5) is 69.2. The van der Waals surface area contributed by atoms with Gasteiger partial charge in [-0.3, -0.25) is 28.2 Å². The standard InChI is InChI=1S/C31H31N4O10P/c1-4-31(45-46(40,41)43-15-24-16(2)9-25(44-24)35-12-17(3)27(36)33-30(35)39)21-11-23-26-19(10-18-7-5-6-8-22(18)32-26)13-34(23)28(37)20(21)14-42-29(31)38/h5-8,10-12,16,24-25H,4,9,13-15H2,1-3H3,(H,40,41)(H,33,36,39)/t16-,24+,25+,31-/m0/s1. The number of hydrogen-bond acceptors (Lipinski definition) is 10. The number of para-hydroxylation sites is 1. The zero-order valence-corrected chi connectivity index (χ0v) is 26.1. The number of nitrogens with zero attached hydrogens (tertiary/aromatic N) is 3. The summed E-state index contributed by atoms with van der Waals surface area (Å²) in [5.74, 6) is -1.14. The largest absolute Gasteiger partial charge is 0.473 e. The van der Waals surface area contributed by atoms with Crippen LogP contribution in [0.3, 0.4) is 0 Å². The highest BCUT2D eigenvalue weighted by Crippen LogP contribution is 2.54. The molecule has 3 aliphatic heterocycles. The van der Waals surface area contributed by atoms with E-state index in [1.165, 1.54) is 10.8 Å². The van der Waals surface area contributed by atoms with Crippen LogP contribution in [0.2, 0.25) is 0 Å². The van der Waals surface area contributed by atoms with Gasteiger partial charge in [-0.15, -0.1) is 0 Å². The average molecular weight is 651 g/mol. The van der Waals surface area contributed by atoms with E-state index in [0.29, 0.717) is 23.4 Å². The number of ether oxygens (including phenoxy) is 2. The van der Waals surface area contributed by atoms with Crippen molar-refractivity contribution >= 4 is 24.7 Å². The number of pyridine rings is 2. The van der Waals surface area contributed by atoms with Gasteiger partial charge in [-0.1, -0.05) is 32.0 Å². The van der Waals surface area contributed by atoms with Gasteiger partial charge in [0.1, 0.15) is 12.8 Å². The van der Waals surface area contributed by atoms with Crippen molar-refractivity contribution in [1.29, 1.82) is 0 Å². The summed E-state index contributed by atoms with van der Waals surface area (Å²) >= 11 is 0. The number of carbonyl (C=O) groups excluding carboxylic acids is 1. The van der Waals surface area contributed by atoms with Crippen LogP contribution < -0.4 is 16.8 Å². The molecule has 5 atom stereocenters. The predicted molar refractivity (Wildman–Crippen MR) is 163 cm³/mol. The first kappa shape index (κ1) is 30.5. The van der Waals surface area contributed by atoms with Gasteiger partial charge >= 0.3 is 19.5 Å². The second-order valence-corrected chi connectivity index (χ2v) is 13.3. The van der Waals surface area contributed by atoms with Crippen molar-refractivity contribution in [3.8, 4) is 11.4 Å². The smallest absolute Gasteiger partial charge is 0.458 e. The highest BCUT2D eigenvalue weighted by molar-refractivity contribution is 7.47. The molecular formula is C31H31N4O10P. The minimum Gasteiger partial charge on any atom is -0.458 e.